The molecule has 246 valence electrons. The van der Waals surface area contributed by atoms with Crippen LogP contribution in [0.5, 0.6) is 0 Å². The molecule has 8 nitrogen and oxygen atoms in total. The number of fused-ring (bicyclic) bond motifs is 4. The van der Waals surface area contributed by atoms with Gasteiger partial charge in [0.2, 0.25) is 15.7 Å². The van der Waals surface area contributed by atoms with Crippen molar-refractivity contribution >= 4 is 33.7 Å². The summed E-state index contributed by atoms with van der Waals surface area (Å²) in [5, 5.41) is 5.58. The number of benzene rings is 4. The minimum atomic E-state index is -3.80. The van der Waals surface area contributed by atoms with Crippen LogP contribution in [0.4, 0.5) is 4.79 Å². The van der Waals surface area contributed by atoms with Crippen molar-refractivity contribution in [2.24, 2.45) is 5.92 Å². The molecule has 9 heteroatoms. The fraction of sp³-hybridized carbons (Fsp3) is 0.256. The summed E-state index contributed by atoms with van der Waals surface area (Å²) in [4.78, 5) is 40.9. The number of allylic oxidation sites excluding steroid dienone is 1. The van der Waals surface area contributed by atoms with Crippen LogP contribution in [0, 0.1) is 5.92 Å². The number of amides is 2. The van der Waals surface area contributed by atoms with Crippen molar-refractivity contribution in [1.82, 2.24) is 10.6 Å². The predicted octanol–water partition coefficient (Wildman–Crippen LogP) is 6.45. The maximum atomic E-state index is 13.8. The molecule has 2 amide bonds. The first-order valence-corrected chi connectivity index (χ1v) is 17.6. The number of carbonyl (C=O) groups is 3. The molecule has 0 saturated carbocycles. The molecular formula is C39H38N2O6S. The average Bonchev–Trinajstić information content (AvgIpc) is 3.53. The second kappa shape index (κ2) is 14.0. The van der Waals surface area contributed by atoms with Crippen LogP contribution in [0.3, 0.4) is 0 Å². The third kappa shape index (κ3) is 6.96. The van der Waals surface area contributed by atoms with Crippen molar-refractivity contribution in [3.8, 4) is 11.1 Å². The van der Waals surface area contributed by atoms with Crippen molar-refractivity contribution in [2.45, 2.75) is 56.0 Å². The standard InChI is InChI=1S/C39H38N2O6S/c1-25(2)20-34(36(42)23-28-22-27-14-6-11-19-37(27)48(28,45)46)40-38(43)35(21-26-12-4-3-5-13-26)41-39(44)47-24-33-31-17-9-7-15-29(31)30-16-8-10-18-32(30)33/h3-19,22,25,33-35H,20-21,23-24H2,1-2H3,(H,40,43)(H,41,44)/t34-,35-/m0/s1. The van der Waals surface area contributed by atoms with Gasteiger partial charge in [-0.3, -0.25) is 9.59 Å². The van der Waals surface area contributed by atoms with E-state index in [0.717, 1.165) is 27.8 Å². The smallest absolute Gasteiger partial charge is 0.407 e. The van der Waals surface area contributed by atoms with Gasteiger partial charge in [0, 0.05) is 18.8 Å². The Kier molecular flexibility index (Phi) is 9.59. The SMILES string of the molecule is CC(C)C[C@H](NC(=O)[C@H](Cc1ccccc1)NC(=O)OCC1c2ccccc2-c2ccccc21)C(=O)CC1=Cc2ccccc2S1(=O)=O. The number of alkyl carbamates (subject to hydrolysis) is 1. The molecule has 0 fully saturated rings. The van der Waals surface area contributed by atoms with Crippen molar-refractivity contribution in [3.05, 3.63) is 130 Å². The highest BCUT2D eigenvalue weighted by molar-refractivity contribution is 7.95. The predicted molar refractivity (Wildman–Crippen MR) is 185 cm³/mol. The first-order chi connectivity index (χ1) is 23.1. The van der Waals surface area contributed by atoms with Gasteiger partial charge in [-0.25, -0.2) is 13.2 Å². The molecule has 1 aliphatic heterocycles. The van der Waals surface area contributed by atoms with Crippen molar-refractivity contribution < 1.29 is 27.5 Å². The van der Waals surface area contributed by atoms with Crippen molar-refractivity contribution in [3.63, 3.8) is 0 Å². The Labute approximate surface area is 281 Å². The summed E-state index contributed by atoms with van der Waals surface area (Å²) in [6.45, 7) is 3.93. The van der Waals surface area contributed by atoms with Gasteiger partial charge in [-0.15, -0.1) is 0 Å². The Morgan fingerprint density at radius 1 is 0.750 bits per heavy atom. The molecule has 0 bridgehead atoms. The van der Waals surface area contributed by atoms with Crippen LogP contribution in [0.25, 0.3) is 17.2 Å². The van der Waals surface area contributed by atoms with Crippen LogP contribution in [-0.2, 0) is 30.6 Å². The molecule has 0 spiro atoms. The average molecular weight is 663 g/mol. The zero-order valence-corrected chi connectivity index (χ0v) is 27.7. The monoisotopic (exact) mass is 662 g/mol. The summed E-state index contributed by atoms with van der Waals surface area (Å²) >= 11 is 0. The van der Waals surface area contributed by atoms with E-state index in [1.54, 1.807) is 18.2 Å². The molecule has 0 aromatic heterocycles. The summed E-state index contributed by atoms with van der Waals surface area (Å²) in [5.41, 5.74) is 5.71. The van der Waals surface area contributed by atoms with Gasteiger partial charge in [-0.05, 0) is 57.9 Å². The summed E-state index contributed by atoms with van der Waals surface area (Å²) in [6, 6.07) is 29.9. The summed E-state index contributed by atoms with van der Waals surface area (Å²) in [5.74, 6) is -1.10. The second-order valence-corrected chi connectivity index (χ2v) is 14.7. The lowest BCUT2D eigenvalue weighted by Crippen LogP contribution is -2.53. The first-order valence-electron chi connectivity index (χ1n) is 16.1. The van der Waals surface area contributed by atoms with Gasteiger partial charge in [0.25, 0.3) is 0 Å². The minimum Gasteiger partial charge on any atom is -0.449 e. The Bertz CT molecular complexity index is 1940. The van der Waals surface area contributed by atoms with E-state index in [2.05, 4.69) is 22.8 Å². The highest BCUT2D eigenvalue weighted by Gasteiger charge is 2.34. The third-order valence-electron chi connectivity index (χ3n) is 8.87. The molecule has 1 heterocycles. The molecule has 2 aliphatic rings. The lowest BCUT2D eigenvalue weighted by molar-refractivity contribution is -0.129. The number of ether oxygens (including phenoxy) is 1. The summed E-state index contributed by atoms with van der Waals surface area (Å²) in [6.07, 6.45) is 0.882. The van der Waals surface area contributed by atoms with Gasteiger partial charge in [-0.2, -0.15) is 0 Å². The number of sulfone groups is 1. The van der Waals surface area contributed by atoms with Crippen molar-refractivity contribution in [1.29, 1.82) is 0 Å². The topological polar surface area (TPSA) is 119 Å². The molecule has 0 saturated heterocycles. The molecule has 0 unspecified atom stereocenters. The lowest BCUT2D eigenvalue weighted by atomic mass is 9.97. The number of Topliss-reactive ketones (excluding diaryl/α,β-unsaturated/α-hetero) is 1. The fourth-order valence-electron chi connectivity index (χ4n) is 6.53. The Hall–Kier alpha value is -5.02. The molecule has 2 N–H and O–H groups in total. The van der Waals surface area contributed by atoms with Gasteiger partial charge in [-0.1, -0.05) is 111 Å². The summed E-state index contributed by atoms with van der Waals surface area (Å²) < 4.78 is 32.0. The van der Waals surface area contributed by atoms with E-state index in [1.807, 2.05) is 80.6 Å². The normalized spacial score (nSPS) is 15.4. The first kappa shape index (κ1) is 32.9. The van der Waals surface area contributed by atoms with E-state index in [1.165, 1.54) is 12.1 Å². The quantitative estimate of drug-likeness (QED) is 0.180. The molecule has 2 atom stereocenters. The van der Waals surface area contributed by atoms with Crippen LogP contribution >= 0.6 is 0 Å². The summed E-state index contributed by atoms with van der Waals surface area (Å²) in [7, 11) is -3.80. The van der Waals surface area contributed by atoms with Gasteiger partial charge < -0.3 is 15.4 Å². The third-order valence-corrected chi connectivity index (χ3v) is 10.8. The maximum absolute atomic E-state index is 13.8. The number of nitrogens with one attached hydrogen (secondary N) is 2. The Morgan fingerprint density at radius 2 is 1.35 bits per heavy atom. The van der Waals surface area contributed by atoms with Gasteiger partial charge >= 0.3 is 6.09 Å². The molecule has 0 radical (unpaired) electrons. The zero-order chi connectivity index (χ0) is 33.8. The van der Waals surface area contributed by atoms with Crippen molar-refractivity contribution in [2.75, 3.05) is 6.61 Å². The number of ketones is 1. The van der Waals surface area contributed by atoms with Crippen LogP contribution in [0.1, 0.15) is 54.9 Å². The second-order valence-electron chi connectivity index (χ2n) is 12.7. The molecule has 48 heavy (non-hydrogen) atoms. The van der Waals surface area contributed by atoms with Gasteiger partial charge in [0.1, 0.15) is 12.6 Å². The minimum absolute atomic E-state index is 0.00861. The van der Waals surface area contributed by atoms with E-state index in [9.17, 15) is 22.8 Å². The fourth-order valence-corrected chi connectivity index (χ4v) is 8.13. The number of carbonyl (C=O) groups excluding carboxylic acids is 3. The number of rotatable bonds is 12. The molecule has 6 rings (SSSR count). The van der Waals surface area contributed by atoms with Gasteiger partial charge in [0.15, 0.2) is 5.78 Å². The maximum Gasteiger partial charge on any atom is 0.407 e. The molecule has 4 aromatic carbocycles. The largest absolute Gasteiger partial charge is 0.449 e. The van der Waals surface area contributed by atoms with E-state index in [0.29, 0.717) is 12.0 Å². The van der Waals surface area contributed by atoms with Gasteiger partial charge in [0.05, 0.1) is 15.8 Å². The van der Waals surface area contributed by atoms with Crippen LogP contribution in [-0.4, -0.2) is 44.9 Å². The van der Waals surface area contributed by atoms with E-state index >= 15 is 0 Å². The Balaban J connectivity index is 1.17. The molecule has 1 aliphatic carbocycles. The van der Waals surface area contributed by atoms with Crippen LogP contribution in [0.2, 0.25) is 0 Å². The van der Waals surface area contributed by atoms with Crippen LogP contribution < -0.4 is 10.6 Å². The van der Waals surface area contributed by atoms with Crippen LogP contribution in [0.15, 0.2) is 113 Å². The number of hydrogen-bond acceptors (Lipinski definition) is 6. The van der Waals surface area contributed by atoms with E-state index in [-0.39, 0.29) is 41.1 Å². The highest BCUT2D eigenvalue weighted by atomic mass is 32.2. The highest BCUT2D eigenvalue weighted by Crippen LogP contribution is 2.44. The zero-order valence-electron chi connectivity index (χ0n) is 26.9. The van der Waals surface area contributed by atoms with E-state index in [4.69, 9.17) is 4.74 Å². The van der Waals surface area contributed by atoms with E-state index < -0.39 is 39.7 Å². The Morgan fingerprint density at radius 3 is 2.00 bits per heavy atom. The molecule has 4 aromatic rings. The molecular weight excluding hydrogens is 625 g/mol. The lowest BCUT2D eigenvalue weighted by Gasteiger charge is -2.24. The number of hydrogen-bond donors (Lipinski definition) is 2.